The van der Waals surface area contributed by atoms with Gasteiger partial charge in [0.25, 0.3) is 0 Å². The first-order valence-electron chi connectivity index (χ1n) is 9.84. The molecule has 1 aromatic rings. The maximum atomic E-state index is 12.0. The summed E-state index contributed by atoms with van der Waals surface area (Å²) in [5.41, 5.74) is 1.54. The van der Waals surface area contributed by atoms with Gasteiger partial charge in [-0.05, 0) is 49.8 Å². The van der Waals surface area contributed by atoms with Crippen molar-refractivity contribution < 1.29 is 32.6 Å². The highest BCUT2D eigenvalue weighted by atomic mass is 19.4. The minimum absolute atomic E-state index is 0.128. The summed E-state index contributed by atoms with van der Waals surface area (Å²) in [4.78, 5) is 29.8. The fraction of sp³-hybridized carbons (Fsp3) is 0.650. The number of amides is 1. The van der Waals surface area contributed by atoms with Crippen LogP contribution in [0.3, 0.4) is 0 Å². The van der Waals surface area contributed by atoms with E-state index in [-0.39, 0.29) is 12.5 Å². The maximum Gasteiger partial charge on any atom is 0.490 e. The van der Waals surface area contributed by atoms with E-state index in [0.29, 0.717) is 5.41 Å². The minimum atomic E-state index is -5.08. The number of halogens is 3. The molecule has 168 valence electrons. The van der Waals surface area contributed by atoms with Gasteiger partial charge in [-0.2, -0.15) is 13.2 Å². The molecule has 0 aromatic carbocycles. The van der Waals surface area contributed by atoms with Crippen molar-refractivity contribution in [3.63, 3.8) is 0 Å². The number of hydrogen-bond donors (Lipinski definition) is 1. The van der Waals surface area contributed by atoms with Crippen molar-refractivity contribution in [3.05, 3.63) is 30.1 Å². The Morgan fingerprint density at radius 2 is 1.87 bits per heavy atom. The average Bonchev–Trinajstić information content (AvgIpc) is 2.69. The van der Waals surface area contributed by atoms with Crippen LogP contribution >= 0.6 is 0 Å². The van der Waals surface area contributed by atoms with Crippen LogP contribution in [0.25, 0.3) is 0 Å². The first-order chi connectivity index (χ1) is 14.1. The van der Waals surface area contributed by atoms with Crippen molar-refractivity contribution in [1.82, 2.24) is 14.8 Å². The Morgan fingerprint density at radius 1 is 1.20 bits per heavy atom. The molecule has 1 N–H and O–H groups in total. The summed E-state index contributed by atoms with van der Waals surface area (Å²) in [6.07, 6.45) is 1.55. The molecule has 0 aliphatic carbocycles. The summed E-state index contributed by atoms with van der Waals surface area (Å²) in [6.45, 7) is 5.19. The van der Waals surface area contributed by atoms with E-state index >= 15 is 0 Å². The van der Waals surface area contributed by atoms with Crippen molar-refractivity contribution >= 4 is 11.9 Å². The number of hydrogen-bond acceptors (Lipinski definition) is 5. The Morgan fingerprint density at radius 3 is 2.40 bits per heavy atom. The van der Waals surface area contributed by atoms with E-state index in [2.05, 4.69) is 22.0 Å². The van der Waals surface area contributed by atoms with E-state index < -0.39 is 12.1 Å². The Kier molecular flexibility index (Phi) is 8.60. The molecule has 0 atom stereocenters. The zero-order valence-corrected chi connectivity index (χ0v) is 17.0. The highest BCUT2D eigenvalue weighted by Crippen LogP contribution is 2.40. The van der Waals surface area contributed by atoms with Gasteiger partial charge in [0.1, 0.15) is 6.61 Å². The van der Waals surface area contributed by atoms with Crippen molar-refractivity contribution in [3.8, 4) is 0 Å². The van der Waals surface area contributed by atoms with Gasteiger partial charge in [0, 0.05) is 39.5 Å². The highest BCUT2D eigenvalue weighted by Gasteiger charge is 2.39. The summed E-state index contributed by atoms with van der Waals surface area (Å²) < 4.78 is 36.7. The van der Waals surface area contributed by atoms with Crippen molar-refractivity contribution in [2.24, 2.45) is 5.41 Å². The monoisotopic (exact) mass is 431 g/mol. The zero-order valence-electron chi connectivity index (χ0n) is 17.0. The molecule has 2 saturated heterocycles. The molecule has 10 heteroatoms. The third-order valence-corrected chi connectivity index (χ3v) is 5.54. The van der Waals surface area contributed by atoms with Crippen LogP contribution in [-0.4, -0.2) is 77.8 Å². The SMILES string of the molecule is COCC(=O)N1CCC2(CCCN(Cc3ccccn3)C2)CC1.O=C(O)C(F)(F)F. The molecule has 1 spiro atoms. The first-order valence-corrected chi connectivity index (χ1v) is 9.84. The minimum Gasteiger partial charge on any atom is -0.475 e. The number of piperidine rings is 2. The second-order valence-electron chi connectivity index (χ2n) is 7.75. The number of ether oxygens (including phenoxy) is 1. The van der Waals surface area contributed by atoms with E-state index in [1.807, 2.05) is 17.2 Å². The standard InChI is InChI=1S/C18H27N3O2.C2HF3O2/c1-23-14-17(22)21-11-7-18(8-12-21)6-4-10-20(15-18)13-16-5-2-3-9-19-16;3-2(4,5)1(6)7/h2-3,5,9H,4,6-8,10-15H2,1H3;(H,6,7). The average molecular weight is 431 g/mol. The Bertz CT molecular complexity index is 692. The van der Waals surface area contributed by atoms with E-state index in [9.17, 15) is 18.0 Å². The molecular formula is C20H28F3N3O4. The van der Waals surface area contributed by atoms with E-state index in [4.69, 9.17) is 14.6 Å². The number of nitrogens with zero attached hydrogens (tertiary/aromatic N) is 3. The van der Waals surface area contributed by atoms with Gasteiger partial charge in [0.2, 0.25) is 5.91 Å². The number of likely N-dealkylation sites (tertiary alicyclic amines) is 2. The number of aromatic nitrogens is 1. The lowest BCUT2D eigenvalue weighted by Gasteiger charge is -2.47. The third kappa shape index (κ3) is 7.24. The van der Waals surface area contributed by atoms with Gasteiger partial charge in [-0.15, -0.1) is 0 Å². The molecule has 30 heavy (non-hydrogen) atoms. The van der Waals surface area contributed by atoms with Crippen LogP contribution in [0.2, 0.25) is 0 Å². The molecule has 1 aromatic heterocycles. The van der Waals surface area contributed by atoms with E-state index in [1.54, 1.807) is 7.11 Å². The van der Waals surface area contributed by atoms with Gasteiger partial charge in [-0.1, -0.05) is 6.07 Å². The van der Waals surface area contributed by atoms with Crippen LogP contribution in [0.15, 0.2) is 24.4 Å². The van der Waals surface area contributed by atoms with Crippen molar-refractivity contribution in [1.29, 1.82) is 0 Å². The van der Waals surface area contributed by atoms with Crippen LogP contribution in [-0.2, 0) is 20.9 Å². The highest BCUT2D eigenvalue weighted by molar-refractivity contribution is 5.77. The van der Waals surface area contributed by atoms with Gasteiger partial charge < -0.3 is 14.7 Å². The number of alkyl halides is 3. The molecular weight excluding hydrogens is 403 g/mol. The van der Waals surface area contributed by atoms with Crippen LogP contribution in [0.1, 0.15) is 31.4 Å². The fourth-order valence-corrected chi connectivity index (χ4v) is 4.02. The number of rotatable bonds is 4. The molecule has 0 radical (unpaired) electrons. The maximum absolute atomic E-state index is 12.0. The Labute approximate surface area is 173 Å². The zero-order chi connectivity index (χ0) is 22.2. The summed E-state index contributed by atoms with van der Waals surface area (Å²) in [6, 6.07) is 6.13. The topological polar surface area (TPSA) is 83.0 Å². The normalized spacial score (nSPS) is 19.1. The number of carbonyl (C=O) groups excluding carboxylic acids is 1. The third-order valence-electron chi connectivity index (χ3n) is 5.54. The summed E-state index contributed by atoms with van der Waals surface area (Å²) >= 11 is 0. The van der Waals surface area contributed by atoms with Gasteiger partial charge in [-0.3, -0.25) is 14.7 Å². The van der Waals surface area contributed by atoms with Crippen LogP contribution in [0, 0.1) is 5.41 Å². The molecule has 7 nitrogen and oxygen atoms in total. The lowest BCUT2D eigenvalue weighted by molar-refractivity contribution is -0.192. The number of methoxy groups -OCH3 is 1. The van der Waals surface area contributed by atoms with Crippen molar-refractivity contribution in [2.75, 3.05) is 39.9 Å². The van der Waals surface area contributed by atoms with Crippen LogP contribution in [0.5, 0.6) is 0 Å². The molecule has 2 aliphatic heterocycles. The number of pyridine rings is 1. The van der Waals surface area contributed by atoms with E-state index in [0.717, 1.165) is 51.3 Å². The number of carbonyl (C=O) groups is 2. The molecule has 2 aliphatic rings. The second kappa shape index (κ2) is 10.7. The molecule has 3 heterocycles. The molecule has 0 unspecified atom stereocenters. The Hall–Kier alpha value is -2.20. The quantitative estimate of drug-likeness (QED) is 0.789. The predicted molar refractivity (Wildman–Crippen MR) is 103 cm³/mol. The summed E-state index contributed by atoms with van der Waals surface area (Å²) in [5, 5.41) is 7.12. The van der Waals surface area contributed by atoms with Gasteiger partial charge in [0.05, 0.1) is 5.69 Å². The fourth-order valence-electron chi connectivity index (χ4n) is 4.02. The largest absolute Gasteiger partial charge is 0.490 e. The lowest BCUT2D eigenvalue weighted by atomic mass is 9.72. The number of carboxylic acids is 1. The molecule has 0 saturated carbocycles. The summed E-state index contributed by atoms with van der Waals surface area (Å²) in [5.74, 6) is -2.63. The second-order valence-corrected chi connectivity index (χ2v) is 7.75. The van der Waals surface area contributed by atoms with Crippen LogP contribution < -0.4 is 0 Å². The Balaban J connectivity index is 0.000000396. The van der Waals surface area contributed by atoms with Crippen molar-refractivity contribution in [2.45, 2.75) is 38.4 Å². The molecule has 0 bridgehead atoms. The predicted octanol–water partition coefficient (Wildman–Crippen LogP) is 2.57. The van der Waals surface area contributed by atoms with Gasteiger partial charge >= 0.3 is 12.1 Å². The molecule has 1 amide bonds. The van der Waals surface area contributed by atoms with Gasteiger partial charge in [0.15, 0.2) is 0 Å². The summed E-state index contributed by atoms with van der Waals surface area (Å²) in [7, 11) is 1.58. The number of carboxylic acid groups (broad SMARTS) is 1. The smallest absolute Gasteiger partial charge is 0.475 e. The van der Waals surface area contributed by atoms with Gasteiger partial charge in [-0.25, -0.2) is 4.79 Å². The molecule has 3 rings (SSSR count). The van der Waals surface area contributed by atoms with E-state index in [1.165, 1.54) is 12.8 Å². The molecule has 2 fully saturated rings. The van der Waals surface area contributed by atoms with Crippen LogP contribution in [0.4, 0.5) is 13.2 Å². The first kappa shape index (κ1) is 24.1. The number of aliphatic carboxylic acids is 1. The lowest BCUT2D eigenvalue weighted by Crippen LogP contribution is -2.51.